The summed E-state index contributed by atoms with van der Waals surface area (Å²) in [6.07, 6.45) is 0.556. The number of Topliss-reactive ketones (excluding diaryl/α,β-unsaturated/α-hetero) is 1. The highest BCUT2D eigenvalue weighted by atomic mass is 16.5. The van der Waals surface area contributed by atoms with Gasteiger partial charge in [0.2, 0.25) is 0 Å². The molecule has 2 nitrogen and oxygen atoms in total. The second-order valence-electron chi connectivity index (χ2n) is 3.65. The van der Waals surface area contributed by atoms with Crippen LogP contribution in [0.5, 0.6) is 5.75 Å². The van der Waals surface area contributed by atoms with E-state index in [1.807, 2.05) is 13.8 Å². The van der Waals surface area contributed by atoms with Crippen molar-refractivity contribution in [3.8, 4) is 5.75 Å². The normalized spacial score (nSPS) is 10.3. The summed E-state index contributed by atoms with van der Waals surface area (Å²) in [7, 11) is 1.56. The average molecular weight is 191 g/mol. The Morgan fingerprint density at radius 1 is 1.57 bits per heavy atom. The first kappa shape index (κ1) is 10.8. The molecule has 0 heterocycles. The Morgan fingerprint density at radius 3 is 2.86 bits per heavy atom. The first-order valence-corrected chi connectivity index (χ1v) is 4.72. The maximum absolute atomic E-state index is 11.7. The third kappa shape index (κ3) is 2.59. The lowest BCUT2D eigenvalue weighted by Crippen LogP contribution is -2.05. The molecule has 0 amide bonds. The number of carbonyl (C=O) groups excluding carboxylic acids is 1. The van der Waals surface area contributed by atoms with Crippen LogP contribution >= 0.6 is 0 Å². The molecule has 0 bridgehead atoms. The van der Waals surface area contributed by atoms with Crippen LogP contribution in [0, 0.1) is 12.0 Å². The van der Waals surface area contributed by atoms with Gasteiger partial charge in [0.05, 0.1) is 12.7 Å². The van der Waals surface area contributed by atoms with E-state index >= 15 is 0 Å². The monoisotopic (exact) mass is 191 g/mol. The Hall–Kier alpha value is -1.31. The van der Waals surface area contributed by atoms with Gasteiger partial charge >= 0.3 is 0 Å². The summed E-state index contributed by atoms with van der Waals surface area (Å²) in [5, 5.41) is 0. The molecular weight excluding hydrogens is 176 g/mol. The number of carbonyl (C=O) groups is 1. The number of ketones is 1. The standard InChI is InChI=1S/C12H15O2/c1-9(2)8-11(13)10-6-4-5-7-12(10)14-3/h4,6-7,9H,8H2,1-3H3. The van der Waals surface area contributed by atoms with Crippen molar-refractivity contribution in [2.24, 2.45) is 5.92 Å². The van der Waals surface area contributed by atoms with Crippen molar-refractivity contribution < 1.29 is 9.53 Å². The van der Waals surface area contributed by atoms with Crippen molar-refractivity contribution in [1.82, 2.24) is 0 Å². The second-order valence-corrected chi connectivity index (χ2v) is 3.65. The molecule has 0 aliphatic rings. The van der Waals surface area contributed by atoms with Gasteiger partial charge in [-0.05, 0) is 24.1 Å². The zero-order valence-electron chi connectivity index (χ0n) is 8.83. The molecule has 0 unspecified atom stereocenters. The summed E-state index contributed by atoms with van der Waals surface area (Å²) in [4.78, 5) is 11.7. The van der Waals surface area contributed by atoms with Crippen LogP contribution < -0.4 is 4.74 Å². The van der Waals surface area contributed by atoms with Gasteiger partial charge in [0.25, 0.3) is 0 Å². The van der Waals surface area contributed by atoms with Crippen LogP contribution in [-0.4, -0.2) is 12.9 Å². The Balaban J connectivity index is 2.88. The highest BCUT2D eigenvalue weighted by Gasteiger charge is 2.12. The largest absolute Gasteiger partial charge is 0.496 e. The lowest BCUT2D eigenvalue weighted by molar-refractivity contribution is 0.0965. The maximum atomic E-state index is 11.7. The van der Waals surface area contributed by atoms with E-state index in [4.69, 9.17) is 4.74 Å². The fraction of sp³-hybridized carbons (Fsp3) is 0.417. The van der Waals surface area contributed by atoms with Crippen LogP contribution in [0.1, 0.15) is 30.6 Å². The van der Waals surface area contributed by atoms with E-state index in [9.17, 15) is 4.79 Å². The third-order valence-corrected chi connectivity index (χ3v) is 1.94. The molecule has 0 N–H and O–H groups in total. The SMILES string of the molecule is COc1c[c]ccc1C(=O)CC(C)C. The molecule has 0 aliphatic carbocycles. The average Bonchev–Trinajstić information content (AvgIpc) is 2.16. The summed E-state index contributed by atoms with van der Waals surface area (Å²) in [6.45, 7) is 4.05. The molecule has 1 radical (unpaired) electrons. The Labute approximate surface area is 84.9 Å². The molecule has 1 rings (SSSR count). The van der Waals surface area contributed by atoms with Gasteiger partial charge in [-0.1, -0.05) is 19.9 Å². The van der Waals surface area contributed by atoms with E-state index in [2.05, 4.69) is 6.07 Å². The number of rotatable bonds is 4. The highest BCUT2D eigenvalue weighted by Crippen LogP contribution is 2.20. The number of ether oxygens (including phenoxy) is 1. The number of hydrogen-bond donors (Lipinski definition) is 0. The van der Waals surface area contributed by atoms with Crippen molar-refractivity contribution in [2.45, 2.75) is 20.3 Å². The smallest absolute Gasteiger partial charge is 0.166 e. The van der Waals surface area contributed by atoms with Crippen molar-refractivity contribution in [3.05, 3.63) is 29.8 Å². The lowest BCUT2D eigenvalue weighted by atomic mass is 10.0. The van der Waals surface area contributed by atoms with Crippen LogP contribution in [0.25, 0.3) is 0 Å². The van der Waals surface area contributed by atoms with Crippen molar-refractivity contribution in [1.29, 1.82) is 0 Å². The van der Waals surface area contributed by atoms with Gasteiger partial charge in [0.15, 0.2) is 5.78 Å². The summed E-state index contributed by atoms with van der Waals surface area (Å²) in [5.74, 6) is 1.11. The van der Waals surface area contributed by atoms with E-state index < -0.39 is 0 Å². The minimum atomic E-state index is 0.130. The molecule has 75 valence electrons. The summed E-state index contributed by atoms with van der Waals surface area (Å²) >= 11 is 0. The molecule has 2 heteroatoms. The predicted octanol–water partition coefficient (Wildman–Crippen LogP) is 2.72. The van der Waals surface area contributed by atoms with E-state index in [0.29, 0.717) is 23.7 Å². The zero-order chi connectivity index (χ0) is 10.6. The molecule has 0 saturated carbocycles. The fourth-order valence-corrected chi connectivity index (χ4v) is 1.30. The molecule has 0 spiro atoms. The Kier molecular flexibility index (Phi) is 3.69. The molecule has 14 heavy (non-hydrogen) atoms. The van der Waals surface area contributed by atoms with Gasteiger partial charge in [-0.15, -0.1) is 0 Å². The topological polar surface area (TPSA) is 26.3 Å². The van der Waals surface area contributed by atoms with Crippen molar-refractivity contribution >= 4 is 5.78 Å². The maximum Gasteiger partial charge on any atom is 0.166 e. The van der Waals surface area contributed by atoms with Crippen LogP contribution in [0.15, 0.2) is 18.2 Å². The molecule has 0 fully saturated rings. The van der Waals surface area contributed by atoms with Gasteiger partial charge in [-0.25, -0.2) is 0 Å². The molecule has 1 aromatic rings. The molecule has 0 saturated heterocycles. The molecular formula is C12H15O2. The van der Waals surface area contributed by atoms with Gasteiger partial charge in [0.1, 0.15) is 5.75 Å². The minimum absolute atomic E-state index is 0.130. The summed E-state index contributed by atoms with van der Waals surface area (Å²) < 4.78 is 5.10. The van der Waals surface area contributed by atoms with E-state index in [-0.39, 0.29) is 5.78 Å². The zero-order valence-corrected chi connectivity index (χ0v) is 8.83. The summed E-state index contributed by atoms with van der Waals surface area (Å²) in [6, 6.07) is 8.06. The van der Waals surface area contributed by atoms with E-state index in [1.165, 1.54) is 0 Å². The van der Waals surface area contributed by atoms with Crippen LogP contribution in [0.3, 0.4) is 0 Å². The number of benzene rings is 1. The second kappa shape index (κ2) is 4.80. The number of methoxy groups -OCH3 is 1. The molecule has 0 aromatic heterocycles. The quantitative estimate of drug-likeness (QED) is 0.684. The Bertz CT molecular complexity index is 316. The van der Waals surface area contributed by atoms with E-state index in [1.54, 1.807) is 25.3 Å². The highest BCUT2D eigenvalue weighted by molar-refractivity contribution is 5.98. The van der Waals surface area contributed by atoms with Crippen molar-refractivity contribution in [2.75, 3.05) is 7.11 Å². The first-order chi connectivity index (χ1) is 6.65. The van der Waals surface area contributed by atoms with Gasteiger partial charge in [-0.3, -0.25) is 4.79 Å². The van der Waals surface area contributed by atoms with E-state index in [0.717, 1.165) is 0 Å². The lowest BCUT2D eigenvalue weighted by Gasteiger charge is -2.08. The Morgan fingerprint density at radius 2 is 2.29 bits per heavy atom. The minimum Gasteiger partial charge on any atom is -0.496 e. The van der Waals surface area contributed by atoms with Gasteiger partial charge in [0, 0.05) is 6.42 Å². The van der Waals surface area contributed by atoms with Crippen molar-refractivity contribution in [3.63, 3.8) is 0 Å². The van der Waals surface area contributed by atoms with Crippen LogP contribution in [-0.2, 0) is 0 Å². The van der Waals surface area contributed by atoms with Crippen LogP contribution in [0.4, 0.5) is 0 Å². The van der Waals surface area contributed by atoms with Gasteiger partial charge < -0.3 is 4.74 Å². The fourth-order valence-electron chi connectivity index (χ4n) is 1.30. The third-order valence-electron chi connectivity index (χ3n) is 1.94. The van der Waals surface area contributed by atoms with Crippen LogP contribution in [0.2, 0.25) is 0 Å². The summed E-state index contributed by atoms with van der Waals surface area (Å²) in [5.41, 5.74) is 0.653. The molecule has 1 aromatic carbocycles. The molecule has 0 atom stereocenters. The van der Waals surface area contributed by atoms with Gasteiger partial charge in [-0.2, -0.15) is 0 Å². The molecule has 0 aliphatic heterocycles. The number of hydrogen-bond acceptors (Lipinski definition) is 2. The first-order valence-electron chi connectivity index (χ1n) is 4.72. The predicted molar refractivity (Wildman–Crippen MR) is 55.6 cm³/mol.